The van der Waals surface area contributed by atoms with Crippen LogP contribution < -0.4 is 5.73 Å². The topological polar surface area (TPSA) is 72.6 Å². The van der Waals surface area contributed by atoms with Crippen LogP contribution in [0.1, 0.15) is 12.8 Å². The van der Waals surface area contributed by atoms with E-state index in [1.54, 1.807) is 0 Å². The van der Waals surface area contributed by atoms with Crippen LogP contribution in [0.25, 0.3) is 0 Å². The Kier molecular flexibility index (Phi) is 6.93. The van der Waals surface area contributed by atoms with Gasteiger partial charge in [-0.05, 0) is 0 Å². The molecule has 1 amide bonds. The lowest BCUT2D eigenvalue weighted by Crippen LogP contribution is -2.48. The molecule has 108 valence electrons. The summed E-state index contributed by atoms with van der Waals surface area (Å²) in [4.78, 5) is 23.0. The highest BCUT2D eigenvalue weighted by atomic mass is 19.4. The van der Waals surface area contributed by atoms with Crippen LogP contribution in [0.5, 0.6) is 0 Å². The molecule has 1 atom stereocenters. The van der Waals surface area contributed by atoms with E-state index in [-0.39, 0.29) is 12.8 Å². The molecule has 1 unspecified atom stereocenters. The highest BCUT2D eigenvalue weighted by molar-refractivity contribution is 5.82. The summed E-state index contributed by atoms with van der Waals surface area (Å²) in [5.41, 5.74) is 5.37. The van der Waals surface area contributed by atoms with E-state index in [4.69, 9.17) is 12.2 Å². The van der Waals surface area contributed by atoms with E-state index in [0.717, 1.165) is 7.11 Å². The van der Waals surface area contributed by atoms with Gasteiger partial charge in [-0.1, -0.05) is 0 Å². The first kappa shape index (κ1) is 17.2. The molecule has 5 nitrogen and oxygen atoms in total. The Labute approximate surface area is 108 Å². The molecule has 0 radical (unpaired) electrons. The molecule has 0 aliphatic heterocycles. The molecule has 0 rings (SSSR count). The maximum Gasteiger partial charge on any atom is 0.406 e. The molecule has 0 aromatic carbocycles. The van der Waals surface area contributed by atoms with Crippen LogP contribution in [0.4, 0.5) is 13.2 Å². The van der Waals surface area contributed by atoms with Crippen LogP contribution in [0.3, 0.4) is 0 Å². The zero-order chi connectivity index (χ0) is 15.1. The van der Waals surface area contributed by atoms with Gasteiger partial charge in [0, 0.05) is 13.0 Å². The minimum atomic E-state index is -4.58. The van der Waals surface area contributed by atoms with Crippen molar-refractivity contribution in [2.24, 2.45) is 5.73 Å². The Bertz CT molecular complexity index is 363. The smallest absolute Gasteiger partial charge is 0.406 e. The fraction of sp³-hybridized carbons (Fsp3) is 0.636. The molecule has 0 fully saturated rings. The third-order valence-corrected chi connectivity index (χ3v) is 2.15. The Morgan fingerprint density at radius 1 is 1.47 bits per heavy atom. The summed E-state index contributed by atoms with van der Waals surface area (Å²) in [6, 6.07) is -1.22. The number of carbonyl (C=O) groups is 2. The van der Waals surface area contributed by atoms with Crippen LogP contribution >= 0.6 is 0 Å². The molecule has 0 saturated heterocycles. The van der Waals surface area contributed by atoms with Gasteiger partial charge >= 0.3 is 12.1 Å². The lowest BCUT2D eigenvalue weighted by atomic mass is 10.2. The van der Waals surface area contributed by atoms with Gasteiger partial charge in [0.25, 0.3) is 0 Å². The van der Waals surface area contributed by atoms with Gasteiger partial charge in [0.15, 0.2) is 0 Å². The number of alkyl halides is 3. The average molecular weight is 280 g/mol. The summed E-state index contributed by atoms with van der Waals surface area (Å²) in [5, 5.41) is 0. The molecule has 2 N–H and O–H groups in total. The molecule has 0 spiro atoms. The van der Waals surface area contributed by atoms with Gasteiger partial charge in [-0.3, -0.25) is 9.59 Å². The maximum absolute atomic E-state index is 12.3. The second kappa shape index (κ2) is 7.63. The zero-order valence-corrected chi connectivity index (χ0v) is 10.4. The first-order valence-corrected chi connectivity index (χ1v) is 5.32. The number of nitrogens with zero attached hydrogens (tertiary/aromatic N) is 1. The van der Waals surface area contributed by atoms with E-state index in [1.807, 2.05) is 0 Å². The van der Waals surface area contributed by atoms with Crippen molar-refractivity contribution in [1.29, 1.82) is 0 Å². The number of methoxy groups -OCH3 is 1. The van der Waals surface area contributed by atoms with E-state index in [9.17, 15) is 22.8 Å². The Morgan fingerprint density at radius 2 is 2.05 bits per heavy atom. The number of halogens is 3. The number of amides is 1. The molecular weight excluding hydrogens is 265 g/mol. The van der Waals surface area contributed by atoms with Crippen LogP contribution in [0, 0.1) is 12.3 Å². The highest BCUT2D eigenvalue weighted by Gasteiger charge is 2.34. The molecule has 0 aromatic rings. The standard InChI is InChI=1S/C11H15F3N2O3/c1-3-4-8(15)10(18)16(7-11(12,13)14)6-5-9(17)19-2/h1,8H,4-7,15H2,2H3. The largest absolute Gasteiger partial charge is 0.469 e. The number of nitrogens with two attached hydrogens (primary N) is 1. The number of hydrogen-bond acceptors (Lipinski definition) is 4. The second-order valence-electron chi connectivity index (χ2n) is 3.72. The number of carbonyl (C=O) groups excluding carboxylic acids is 2. The molecule has 0 aliphatic carbocycles. The van der Waals surface area contributed by atoms with Gasteiger partial charge in [0.05, 0.1) is 19.6 Å². The van der Waals surface area contributed by atoms with Crippen LogP contribution in [0.15, 0.2) is 0 Å². The van der Waals surface area contributed by atoms with Crippen molar-refractivity contribution in [2.75, 3.05) is 20.2 Å². The predicted molar refractivity (Wildman–Crippen MR) is 60.7 cm³/mol. The van der Waals surface area contributed by atoms with Crippen molar-refractivity contribution < 1.29 is 27.5 Å². The SMILES string of the molecule is C#CCC(N)C(=O)N(CCC(=O)OC)CC(F)(F)F. The van der Waals surface area contributed by atoms with Crippen LogP contribution in [-0.2, 0) is 14.3 Å². The second-order valence-corrected chi connectivity index (χ2v) is 3.72. The predicted octanol–water partition coefficient (Wildman–Crippen LogP) is 0.291. The molecule has 0 aliphatic rings. The van der Waals surface area contributed by atoms with Crippen LogP contribution in [0.2, 0.25) is 0 Å². The number of rotatable bonds is 6. The van der Waals surface area contributed by atoms with Gasteiger partial charge in [0.1, 0.15) is 6.54 Å². The molecule has 8 heteroatoms. The first-order chi connectivity index (χ1) is 8.71. The monoisotopic (exact) mass is 280 g/mol. The molecule has 0 saturated carbocycles. The molecule has 0 heterocycles. The third-order valence-electron chi connectivity index (χ3n) is 2.15. The van der Waals surface area contributed by atoms with E-state index >= 15 is 0 Å². The van der Waals surface area contributed by atoms with E-state index in [2.05, 4.69) is 10.7 Å². The summed E-state index contributed by atoms with van der Waals surface area (Å²) >= 11 is 0. The lowest BCUT2D eigenvalue weighted by molar-refractivity contribution is -0.163. The van der Waals surface area contributed by atoms with Gasteiger partial charge in [-0.2, -0.15) is 13.2 Å². The number of esters is 1. The molecule has 19 heavy (non-hydrogen) atoms. The normalized spacial score (nSPS) is 12.4. The van der Waals surface area contributed by atoms with Gasteiger partial charge < -0.3 is 15.4 Å². The van der Waals surface area contributed by atoms with E-state index < -0.39 is 37.2 Å². The van der Waals surface area contributed by atoms with Crippen molar-refractivity contribution in [2.45, 2.75) is 25.1 Å². The maximum atomic E-state index is 12.3. The van der Waals surface area contributed by atoms with Gasteiger partial charge in [-0.25, -0.2) is 0 Å². The highest BCUT2D eigenvalue weighted by Crippen LogP contribution is 2.17. The summed E-state index contributed by atoms with van der Waals surface area (Å²) < 4.78 is 41.3. The van der Waals surface area contributed by atoms with Crippen molar-refractivity contribution in [3.05, 3.63) is 0 Å². The molecule has 0 aromatic heterocycles. The van der Waals surface area contributed by atoms with Gasteiger partial charge in [-0.15, -0.1) is 12.3 Å². The lowest BCUT2D eigenvalue weighted by Gasteiger charge is -2.25. The van der Waals surface area contributed by atoms with Crippen molar-refractivity contribution in [3.63, 3.8) is 0 Å². The number of ether oxygens (including phenoxy) is 1. The van der Waals surface area contributed by atoms with Crippen molar-refractivity contribution >= 4 is 11.9 Å². The van der Waals surface area contributed by atoms with Crippen molar-refractivity contribution in [1.82, 2.24) is 4.90 Å². The minimum absolute atomic E-state index is 0.175. The summed E-state index contributed by atoms with van der Waals surface area (Å²) in [6.45, 7) is -1.91. The number of terminal acetylenes is 1. The summed E-state index contributed by atoms with van der Waals surface area (Å²) in [6.07, 6.45) is -0.162. The first-order valence-electron chi connectivity index (χ1n) is 5.32. The minimum Gasteiger partial charge on any atom is -0.469 e. The Hall–Kier alpha value is -1.75. The Morgan fingerprint density at radius 3 is 2.47 bits per heavy atom. The Balaban J connectivity index is 4.71. The number of hydrogen-bond donors (Lipinski definition) is 1. The fourth-order valence-electron chi connectivity index (χ4n) is 1.26. The quantitative estimate of drug-likeness (QED) is 0.560. The van der Waals surface area contributed by atoms with E-state index in [1.165, 1.54) is 0 Å². The van der Waals surface area contributed by atoms with Crippen LogP contribution in [-0.4, -0.2) is 49.2 Å². The average Bonchev–Trinajstić information content (AvgIpc) is 2.31. The van der Waals surface area contributed by atoms with Gasteiger partial charge in [0.2, 0.25) is 5.91 Å². The molecular formula is C11H15F3N2O3. The third kappa shape index (κ3) is 7.31. The van der Waals surface area contributed by atoms with Crippen molar-refractivity contribution in [3.8, 4) is 12.3 Å². The summed E-state index contributed by atoms with van der Waals surface area (Å²) in [7, 11) is 1.10. The zero-order valence-electron chi connectivity index (χ0n) is 10.4. The summed E-state index contributed by atoms with van der Waals surface area (Å²) in [5.74, 6) is 0.434. The fourth-order valence-corrected chi connectivity index (χ4v) is 1.26. The van der Waals surface area contributed by atoms with E-state index in [0.29, 0.717) is 4.90 Å². The molecule has 0 bridgehead atoms.